The van der Waals surface area contributed by atoms with Gasteiger partial charge in [-0.3, -0.25) is 0 Å². The standard InChI is InChI=1S/C19H24BrN/c1-5-21-18(12-16-6-8-17(20)9-7-16)19-14(3)10-13(2)11-15(19)4/h6-11,18,21H,5,12H2,1-4H3. The van der Waals surface area contributed by atoms with Crippen molar-refractivity contribution in [1.29, 1.82) is 0 Å². The van der Waals surface area contributed by atoms with Gasteiger partial charge in [0, 0.05) is 10.5 Å². The third-order valence-electron chi connectivity index (χ3n) is 3.89. The molecule has 0 bridgehead atoms. The smallest absolute Gasteiger partial charge is 0.0366 e. The maximum absolute atomic E-state index is 3.65. The number of benzene rings is 2. The average molecular weight is 346 g/mol. The largest absolute Gasteiger partial charge is 0.310 e. The maximum atomic E-state index is 3.65. The minimum absolute atomic E-state index is 0.372. The number of aryl methyl sites for hydroxylation is 3. The lowest BCUT2D eigenvalue weighted by atomic mass is 9.90. The third-order valence-corrected chi connectivity index (χ3v) is 4.42. The molecule has 1 N–H and O–H groups in total. The van der Waals surface area contributed by atoms with Gasteiger partial charge in [-0.15, -0.1) is 0 Å². The van der Waals surface area contributed by atoms with Crippen LogP contribution in [-0.2, 0) is 6.42 Å². The van der Waals surface area contributed by atoms with Crippen LogP contribution >= 0.6 is 15.9 Å². The minimum Gasteiger partial charge on any atom is -0.310 e. The van der Waals surface area contributed by atoms with Crippen molar-refractivity contribution in [2.24, 2.45) is 0 Å². The van der Waals surface area contributed by atoms with Gasteiger partial charge >= 0.3 is 0 Å². The highest BCUT2D eigenvalue weighted by Crippen LogP contribution is 2.27. The number of nitrogens with one attached hydrogen (secondary N) is 1. The predicted molar refractivity (Wildman–Crippen MR) is 94.9 cm³/mol. The number of hydrogen-bond acceptors (Lipinski definition) is 1. The molecule has 2 aromatic carbocycles. The van der Waals surface area contributed by atoms with Crippen molar-refractivity contribution in [1.82, 2.24) is 5.32 Å². The maximum Gasteiger partial charge on any atom is 0.0366 e. The van der Waals surface area contributed by atoms with Gasteiger partial charge in [0.05, 0.1) is 0 Å². The summed E-state index contributed by atoms with van der Waals surface area (Å²) in [6, 6.07) is 13.6. The fourth-order valence-corrected chi connectivity index (χ4v) is 3.38. The van der Waals surface area contributed by atoms with Crippen LogP contribution in [0.2, 0.25) is 0 Å². The molecular weight excluding hydrogens is 322 g/mol. The molecule has 1 atom stereocenters. The van der Waals surface area contributed by atoms with E-state index in [0.717, 1.165) is 17.4 Å². The zero-order valence-corrected chi connectivity index (χ0v) is 14.9. The molecule has 2 heteroatoms. The molecule has 0 spiro atoms. The van der Waals surface area contributed by atoms with Gasteiger partial charge in [0.1, 0.15) is 0 Å². The molecular formula is C19H24BrN. The Morgan fingerprint density at radius 1 is 1.00 bits per heavy atom. The summed E-state index contributed by atoms with van der Waals surface area (Å²) in [4.78, 5) is 0. The first-order valence-electron chi connectivity index (χ1n) is 7.56. The number of halogens is 1. The highest BCUT2D eigenvalue weighted by atomic mass is 79.9. The molecule has 0 heterocycles. The summed E-state index contributed by atoms with van der Waals surface area (Å²) in [6.45, 7) is 9.77. The van der Waals surface area contributed by atoms with Gasteiger partial charge < -0.3 is 5.32 Å². The fourth-order valence-electron chi connectivity index (χ4n) is 3.12. The van der Waals surface area contributed by atoms with Crippen LogP contribution in [0.25, 0.3) is 0 Å². The molecule has 1 nitrogen and oxygen atoms in total. The normalized spacial score (nSPS) is 12.4. The molecule has 0 aliphatic heterocycles. The van der Waals surface area contributed by atoms with E-state index < -0.39 is 0 Å². The van der Waals surface area contributed by atoms with Gasteiger partial charge in [0.2, 0.25) is 0 Å². The molecule has 0 radical (unpaired) electrons. The van der Waals surface area contributed by atoms with Gasteiger partial charge in [-0.25, -0.2) is 0 Å². The van der Waals surface area contributed by atoms with Crippen LogP contribution < -0.4 is 5.32 Å². The summed E-state index contributed by atoms with van der Waals surface area (Å²) in [5.74, 6) is 0. The van der Waals surface area contributed by atoms with Crippen LogP contribution in [-0.4, -0.2) is 6.54 Å². The minimum atomic E-state index is 0.372. The molecule has 0 aliphatic rings. The van der Waals surface area contributed by atoms with E-state index in [9.17, 15) is 0 Å². The quantitative estimate of drug-likeness (QED) is 0.778. The molecule has 0 aromatic heterocycles. The van der Waals surface area contributed by atoms with Crippen molar-refractivity contribution in [3.8, 4) is 0 Å². The summed E-state index contributed by atoms with van der Waals surface area (Å²) in [7, 11) is 0. The molecule has 112 valence electrons. The van der Waals surface area contributed by atoms with Gasteiger partial charge in [0.15, 0.2) is 0 Å². The number of likely N-dealkylation sites (N-methyl/N-ethyl adjacent to an activating group) is 1. The van der Waals surface area contributed by atoms with E-state index >= 15 is 0 Å². The molecule has 0 fully saturated rings. The first-order valence-corrected chi connectivity index (χ1v) is 8.36. The first kappa shape index (κ1) is 16.3. The first-order chi connectivity index (χ1) is 10.0. The summed E-state index contributed by atoms with van der Waals surface area (Å²) in [5, 5.41) is 3.65. The van der Waals surface area contributed by atoms with E-state index in [4.69, 9.17) is 0 Å². The molecule has 1 unspecified atom stereocenters. The molecule has 2 rings (SSSR count). The van der Waals surface area contributed by atoms with Gasteiger partial charge in [0.25, 0.3) is 0 Å². The van der Waals surface area contributed by atoms with Crippen LogP contribution in [0.4, 0.5) is 0 Å². The Kier molecular flexibility index (Phi) is 5.60. The van der Waals surface area contributed by atoms with Crippen LogP contribution in [0.1, 0.15) is 40.8 Å². The Hall–Kier alpha value is -1.12. The summed E-state index contributed by atoms with van der Waals surface area (Å²) < 4.78 is 1.13. The fraction of sp³-hybridized carbons (Fsp3) is 0.368. The Morgan fingerprint density at radius 2 is 1.57 bits per heavy atom. The highest BCUT2D eigenvalue weighted by Gasteiger charge is 2.16. The Balaban J connectivity index is 2.33. The van der Waals surface area contributed by atoms with E-state index in [1.54, 1.807) is 0 Å². The molecule has 0 aliphatic carbocycles. The lowest BCUT2D eigenvalue weighted by molar-refractivity contribution is 0.544. The molecule has 0 amide bonds. The topological polar surface area (TPSA) is 12.0 Å². The van der Waals surface area contributed by atoms with Crippen LogP contribution in [0.15, 0.2) is 40.9 Å². The van der Waals surface area contributed by atoms with Crippen molar-refractivity contribution in [3.05, 3.63) is 68.7 Å². The summed E-state index contributed by atoms with van der Waals surface area (Å²) in [6.07, 6.45) is 1.02. The van der Waals surface area contributed by atoms with Crippen molar-refractivity contribution in [3.63, 3.8) is 0 Å². The molecule has 0 saturated heterocycles. The molecule has 0 saturated carbocycles. The number of hydrogen-bond donors (Lipinski definition) is 1. The van der Waals surface area contributed by atoms with E-state index in [1.807, 2.05) is 0 Å². The van der Waals surface area contributed by atoms with Crippen LogP contribution in [0, 0.1) is 20.8 Å². The van der Waals surface area contributed by atoms with Crippen molar-refractivity contribution >= 4 is 15.9 Å². The molecule has 2 aromatic rings. The average Bonchev–Trinajstić information content (AvgIpc) is 2.40. The summed E-state index contributed by atoms with van der Waals surface area (Å²) >= 11 is 3.50. The van der Waals surface area contributed by atoms with Gasteiger partial charge in [-0.1, -0.05) is 52.7 Å². The van der Waals surface area contributed by atoms with E-state index in [2.05, 4.69) is 85.3 Å². The summed E-state index contributed by atoms with van der Waals surface area (Å²) in [5.41, 5.74) is 6.92. The Morgan fingerprint density at radius 3 is 2.10 bits per heavy atom. The van der Waals surface area contributed by atoms with Gasteiger partial charge in [-0.2, -0.15) is 0 Å². The zero-order chi connectivity index (χ0) is 15.4. The zero-order valence-electron chi connectivity index (χ0n) is 13.3. The second-order valence-electron chi connectivity index (χ2n) is 5.75. The van der Waals surface area contributed by atoms with Crippen LogP contribution in [0.3, 0.4) is 0 Å². The van der Waals surface area contributed by atoms with E-state index in [1.165, 1.54) is 27.8 Å². The lowest BCUT2D eigenvalue weighted by Gasteiger charge is -2.23. The Labute approximate surface area is 136 Å². The second kappa shape index (κ2) is 7.24. The second-order valence-corrected chi connectivity index (χ2v) is 6.67. The van der Waals surface area contributed by atoms with Crippen molar-refractivity contribution in [2.75, 3.05) is 6.54 Å². The van der Waals surface area contributed by atoms with Crippen LogP contribution in [0.5, 0.6) is 0 Å². The van der Waals surface area contributed by atoms with Gasteiger partial charge in [-0.05, 0) is 68.1 Å². The highest BCUT2D eigenvalue weighted by molar-refractivity contribution is 9.10. The van der Waals surface area contributed by atoms with Crippen molar-refractivity contribution < 1.29 is 0 Å². The van der Waals surface area contributed by atoms with E-state index in [0.29, 0.717) is 6.04 Å². The number of rotatable bonds is 5. The molecule has 21 heavy (non-hydrogen) atoms. The van der Waals surface area contributed by atoms with Crippen molar-refractivity contribution in [2.45, 2.75) is 40.2 Å². The van der Waals surface area contributed by atoms with E-state index in [-0.39, 0.29) is 0 Å². The third kappa shape index (κ3) is 4.18. The lowest BCUT2D eigenvalue weighted by Crippen LogP contribution is -2.24. The predicted octanol–water partition coefficient (Wildman–Crippen LogP) is 5.27. The monoisotopic (exact) mass is 345 g/mol. The SMILES string of the molecule is CCNC(Cc1ccc(Br)cc1)c1c(C)cc(C)cc1C. The Bertz CT molecular complexity index is 578.